The number of hydrogen-bond donors (Lipinski definition) is 1. The smallest absolute Gasteiger partial charge is 0.122 e. The van der Waals surface area contributed by atoms with Crippen molar-refractivity contribution in [2.45, 2.75) is 39.4 Å². The molecule has 4 rings (SSSR count). The lowest BCUT2D eigenvalue weighted by Crippen LogP contribution is -2.52. The van der Waals surface area contributed by atoms with Crippen LogP contribution in [-0.2, 0) is 13.1 Å². The Labute approximate surface area is 185 Å². The van der Waals surface area contributed by atoms with Gasteiger partial charge in [-0.1, -0.05) is 30.3 Å². The Morgan fingerprint density at radius 3 is 2.65 bits per heavy atom. The number of aliphatic hydroxyl groups is 1. The number of nitrogens with zero attached hydrogens (tertiary/aromatic N) is 3. The van der Waals surface area contributed by atoms with Gasteiger partial charge in [0.2, 0.25) is 0 Å². The van der Waals surface area contributed by atoms with Crippen LogP contribution in [0.5, 0.6) is 5.75 Å². The molecule has 5 nitrogen and oxygen atoms in total. The van der Waals surface area contributed by atoms with Crippen molar-refractivity contribution < 1.29 is 9.84 Å². The first-order valence-corrected chi connectivity index (χ1v) is 11.1. The van der Waals surface area contributed by atoms with Gasteiger partial charge in [0.25, 0.3) is 0 Å². The highest BCUT2D eigenvalue weighted by Crippen LogP contribution is 2.26. The number of rotatable bonds is 7. The molecule has 1 atom stereocenters. The third-order valence-corrected chi connectivity index (χ3v) is 6.64. The number of methoxy groups -OCH3 is 1. The zero-order valence-electron chi connectivity index (χ0n) is 18.8. The average molecular weight is 420 g/mol. The standard InChI is InChI=1S/C26H33N3O2/c1-19-20(2)26(31-3)11-9-22(19)16-29-14-13-28(18-24(29)12-15-30)17-23-10-8-21-6-4-5-7-25(21)27-23/h4-11,24,30H,12-18H2,1-3H3. The maximum Gasteiger partial charge on any atom is 0.122 e. The molecule has 0 amide bonds. The van der Waals surface area contributed by atoms with Crippen molar-refractivity contribution in [3.8, 4) is 5.75 Å². The van der Waals surface area contributed by atoms with Gasteiger partial charge in [0.15, 0.2) is 0 Å². The van der Waals surface area contributed by atoms with Gasteiger partial charge in [0.05, 0.1) is 18.3 Å². The lowest BCUT2D eigenvalue weighted by Gasteiger charge is -2.41. The molecule has 0 saturated carbocycles. The summed E-state index contributed by atoms with van der Waals surface area (Å²) >= 11 is 0. The van der Waals surface area contributed by atoms with E-state index in [1.54, 1.807) is 7.11 Å². The molecule has 1 saturated heterocycles. The van der Waals surface area contributed by atoms with Gasteiger partial charge in [-0.05, 0) is 55.2 Å². The Hall–Kier alpha value is -2.47. The fourth-order valence-corrected chi connectivity index (χ4v) is 4.62. The van der Waals surface area contributed by atoms with Crippen LogP contribution in [0.2, 0.25) is 0 Å². The molecule has 1 unspecified atom stereocenters. The molecule has 3 aromatic rings. The van der Waals surface area contributed by atoms with Crippen molar-refractivity contribution in [2.75, 3.05) is 33.4 Å². The van der Waals surface area contributed by atoms with E-state index in [1.165, 1.54) is 22.1 Å². The normalized spacial score (nSPS) is 17.9. The summed E-state index contributed by atoms with van der Waals surface area (Å²) in [7, 11) is 1.72. The predicted molar refractivity (Wildman–Crippen MR) is 125 cm³/mol. The topological polar surface area (TPSA) is 48.8 Å². The van der Waals surface area contributed by atoms with E-state index < -0.39 is 0 Å². The fourth-order valence-electron chi connectivity index (χ4n) is 4.62. The largest absolute Gasteiger partial charge is 0.496 e. The molecule has 5 heteroatoms. The number of piperazine rings is 1. The number of benzene rings is 2. The zero-order valence-corrected chi connectivity index (χ0v) is 18.8. The van der Waals surface area contributed by atoms with E-state index in [4.69, 9.17) is 9.72 Å². The molecule has 0 aliphatic carbocycles. The van der Waals surface area contributed by atoms with Gasteiger partial charge < -0.3 is 9.84 Å². The second kappa shape index (κ2) is 9.77. The quantitative estimate of drug-likeness (QED) is 0.629. The highest BCUT2D eigenvalue weighted by Gasteiger charge is 2.27. The van der Waals surface area contributed by atoms with Crippen LogP contribution in [0, 0.1) is 13.8 Å². The van der Waals surface area contributed by atoms with E-state index >= 15 is 0 Å². The van der Waals surface area contributed by atoms with E-state index in [1.807, 2.05) is 6.07 Å². The predicted octanol–water partition coefficient (Wildman–Crippen LogP) is 3.93. The summed E-state index contributed by atoms with van der Waals surface area (Å²) in [6, 6.07) is 17.2. The number of pyridine rings is 1. The Kier molecular flexibility index (Phi) is 6.86. The van der Waals surface area contributed by atoms with Crippen molar-refractivity contribution in [1.29, 1.82) is 0 Å². The highest BCUT2D eigenvalue weighted by atomic mass is 16.5. The molecule has 1 aliphatic rings. The second-order valence-electron chi connectivity index (χ2n) is 8.54. The van der Waals surface area contributed by atoms with Gasteiger partial charge in [0, 0.05) is 50.8 Å². The Balaban J connectivity index is 1.45. The summed E-state index contributed by atoms with van der Waals surface area (Å²) in [4.78, 5) is 9.84. The number of fused-ring (bicyclic) bond motifs is 1. The Bertz CT molecular complexity index is 1040. The summed E-state index contributed by atoms with van der Waals surface area (Å²) in [6.45, 7) is 9.21. The summed E-state index contributed by atoms with van der Waals surface area (Å²) in [5.41, 5.74) is 6.00. The lowest BCUT2D eigenvalue weighted by molar-refractivity contribution is 0.0493. The maximum atomic E-state index is 9.69. The molecule has 0 spiro atoms. The monoisotopic (exact) mass is 419 g/mol. The molecule has 0 bridgehead atoms. The van der Waals surface area contributed by atoms with Gasteiger partial charge in [0.1, 0.15) is 5.75 Å². The van der Waals surface area contributed by atoms with E-state index in [-0.39, 0.29) is 6.61 Å². The molecule has 2 aromatic carbocycles. The highest BCUT2D eigenvalue weighted by molar-refractivity contribution is 5.78. The number of hydrogen-bond acceptors (Lipinski definition) is 5. The lowest BCUT2D eigenvalue weighted by atomic mass is 10.00. The maximum absolute atomic E-state index is 9.69. The van der Waals surface area contributed by atoms with Crippen LogP contribution in [0.1, 0.15) is 28.8 Å². The first-order chi connectivity index (χ1) is 15.1. The minimum absolute atomic E-state index is 0.212. The summed E-state index contributed by atoms with van der Waals surface area (Å²) in [5.74, 6) is 0.945. The molecule has 0 radical (unpaired) electrons. The molecule has 164 valence electrons. The van der Waals surface area contributed by atoms with Crippen molar-refractivity contribution >= 4 is 10.9 Å². The minimum Gasteiger partial charge on any atom is -0.496 e. The molecular weight excluding hydrogens is 386 g/mol. The molecular formula is C26H33N3O2. The molecule has 1 N–H and O–H groups in total. The Morgan fingerprint density at radius 2 is 1.84 bits per heavy atom. The van der Waals surface area contributed by atoms with Gasteiger partial charge in [-0.3, -0.25) is 14.8 Å². The number of para-hydroxylation sites is 1. The SMILES string of the molecule is COc1ccc(CN2CCN(Cc3ccc4ccccc4n3)CC2CCO)c(C)c1C. The third-order valence-electron chi connectivity index (χ3n) is 6.64. The van der Waals surface area contributed by atoms with Crippen LogP contribution in [0.4, 0.5) is 0 Å². The summed E-state index contributed by atoms with van der Waals surface area (Å²) in [5, 5.41) is 10.9. The van der Waals surface area contributed by atoms with Crippen LogP contribution in [0.25, 0.3) is 10.9 Å². The molecule has 1 aromatic heterocycles. The van der Waals surface area contributed by atoms with Crippen molar-refractivity contribution in [3.05, 3.63) is 70.9 Å². The first-order valence-electron chi connectivity index (χ1n) is 11.1. The minimum atomic E-state index is 0.212. The van der Waals surface area contributed by atoms with Crippen LogP contribution >= 0.6 is 0 Å². The van der Waals surface area contributed by atoms with E-state index in [9.17, 15) is 5.11 Å². The van der Waals surface area contributed by atoms with Crippen molar-refractivity contribution in [2.24, 2.45) is 0 Å². The fraction of sp³-hybridized carbons (Fsp3) is 0.423. The van der Waals surface area contributed by atoms with Gasteiger partial charge in [-0.25, -0.2) is 0 Å². The van der Waals surface area contributed by atoms with Crippen LogP contribution in [0.15, 0.2) is 48.5 Å². The Morgan fingerprint density at radius 1 is 1.00 bits per heavy atom. The van der Waals surface area contributed by atoms with Gasteiger partial charge in [-0.15, -0.1) is 0 Å². The molecule has 2 heterocycles. The zero-order chi connectivity index (χ0) is 21.8. The molecule has 1 aliphatic heterocycles. The van der Waals surface area contributed by atoms with Crippen molar-refractivity contribution in [3.63, 3.8) is 0 Å². The van der Waals surface area contributed by atoms with Gasteiger partial charge >= 0.3 is 0 Å². The van der Waals surface area contributed by atoms with Crippen LogP contribution < -0.4 is 4.74 Å². The second-order valence-corrected chi connectivity index (χ2v) is 8.54. The van der Waals surface area contributed by atoms with Gasteiger partial charge in [-0.2, -0.15) is 0 Å². The average Bonchev–Trinajstić information content (AvgIpc) is 2.79. The van der Waals surface area contributed by atoms with E-state index in [0.29, 0.717) is 6.04 Å². The molecule has 1 fully saturated rings. The molecule has 31 heavy (non-hydrogen) atoms. The number of aromatic nitrogens is 1. The van der Waals surface area contributed by atoms with Crippen LogP contribution in [-0.4, -0.2) is 59.3 Å². The van der Waals surface area contributed by atoms with E-state index in [0.717, 1.165) is 56.1 Å². The summed E-state index contributed by atoms with van der Waals surface area (Å²) < 4.78 is 5.47. The summed E-state index contributed by atoms with van der Waals surface area (Å²) in [6.07, 6.45) is 0.788. The number of ether oxygens (including phenoxy) is 1. The number of aliphatic hydroxyl groups excluding tert-OH is 1. The van der Waals surface area contributed by atoms with Crippen molar-refractivity contribution in [1.82, 2.24) is 14.8 Å². The van der Waals surface area contributed by atoms with E-state index in [2.05, 4.69) is 66.1 Å². The first kappa shape index (κ1) is 21.8. The third kappa shape index (κ3) is 4.90. The van der Waals surface area contributed by atoms with Crippen LogP contribution in [0.3, 0.4) is 0 Å².